The van der Waals surface area contributed by atoms with Gasteiger partial charge < -0.3 is 5.32 Å². The van der Waals surface area contributed by atoms with Crippen molar-refractivity contribution in [2.24, 2.45) is 5.92 Å². The van der Waals surface area contributed by atoms with Gasteiger partial charge in [-0.15, -0.1) is 0 Å². The minimum Gasteiger partial charge on any atom is -0.316 e. The highest BCUT2D eigenvalue weighted by Gasteiger charge is 1.95. The maximum absolute atomic E-state index is 4.37. The van der Waals surface area contributed by atoms with Gasteiger partial charge in [-0.1, -0.05) is 20.3 Å². The summed E-state index contributed by atoms with van der Waals surface area (Å²) < 4.78 is 2.04. The summed E-state index contributed by atoms with van der Waals surface area (Å²) in [7, 11) is 0. The van der Waals surface area contributed by atoms with Crippen molar-refractivity contribution in [3.05, 3.63) is 18.0 Å². The van der Waals surface area contributed by atoms with E-state index < -0.39 is 0 Å². The fourth-order valence-electron chi connectivity index (χ4n) is 1.68. The van der Waals surface area contributed by atoms with Gasteiger partial charge in [0.05, 0.1) is 5.69 Å². The molecule has 0 saturated heterocycles. The number of nitrogens with one attached hydrogen (secondary N) is 1. The van der Waals surface area contributed by atoms with Crippen molar-refractivity contribution < 1.29 is 0 Å². The van der Waals surface area contributed by atoms with Crippen molar-refractivity contribution >= 4 is 0 Å². The van der Waals surface area contributed by atoms with Gasteiger partial charge in [-0.05, 0) is 44.8 Å². The molecule has 16 heavy (non-hydrogen) atoms. The van der Waals surface area contributed by atoms with Gasteiger partial charge in [0.2, 0.25) is 0 Å². The van der Waals surface area contributed by atoms with Crippen molar-refractivity contribution in [3.8, 4) is 0 Å². The van der Waals surface area contributed by atoms with E-state index in [9.17, 15) is 0 Å². The number of aryl methyl sites for hydroxylation is 2. The average molecular weight is 223 g/mol. The van der Waals surface area contributed by atoms with Crippen molar-refractivity contribution in [1.82, 2.24) is 15.1 Å². The third kappa shape index (κ3) is 5.91. The predicted octanol–water partition coefficient (Wildman–Crippen LogP) is 2.61. The second-order valence-corrected chi connectivity index (χ2v) is 4.88. The third-order valence-electron chi connectivity index (χ3n) is 2.57. The van der Waals surface area contributed by atoms with Crippen LogP contribution < -0.4 is 5.32 Å². The number of aromatic nitrogens is 2. The molecule has 0 aliphatic rings. The Morgan fingerprint density at radius 3 is 2.75 bits per heavy atom. The summed E-state index contributed by atoms with van der Waals surface area (Å²) in [6.07, 6.45) is 5.84. The fourth-order valence-corrected chi connectivity index (χ4v) is 1.68. The monoisotopic (exact) mass is 223 g/mol. The van der Waals surface area contributed by atoms with E-state index in [-0.39, 0.29) is 0 Å². The molecule has 1 rings (SSSR count). The maximum Gasteiger partial charge on any atom is 0.0593 e. The Morgan fingerprint density at radius 1 is 1.31 bits per heavy atom. The molecule has 0 aliphatic carbocycles. The van der Waals surface area contributed by atoms with Crippen molar-refractivity contribution in [2.75, 3.05) is 13.1 Å². The summed E-state index contributed by atoms with van der Waals surface area (Å²) in [5.41, 5.74) is 1.11. The van der Waals surface area contributed by atoms with Crippen LogP contribution in [0.5, 0.6) is 0 Å². The largest absolute Gasteiger partial charge is 0.316 e. The second kappa shape index (κ2) is 7.44. The molecule has 0 unspecified atom stereocenters. The molecule has 0 fully saturated rings. The van der Waals surface area contributed by atoms with E-state index in [4.69, 9.17) is 0 Å². The molecule has 92 valence electrons. The van der Waals surface area contributed by atoms with Gasteiger partial charge in [-0.3, -0.25) is 4.68 Å². The smallest absolute Gasteiger partial charge is 0.0593 e. The van der Waals surface area contributed by atoms with Crippen LogP contribution in [0, 0.1) is 12.8 Å². The first kappa shape index (κ1) is 13.2. The van der Waals surface area contributed by atoms with Crippen LogP contribution in [0.4, 0.5) is 0 Å². The van der Waals surface area contributed by atoms with E-state index in [0.717, 1.165) is 31.2 Å². The Balaban J connectivity index is 1.92. The first-order valence-corrected chi connectivity index (χ1v) is 6.39. The summed E-state index contributed by atoms with van der Waals surface area (Å²) in [6.45, 7) is 9.86. The van der Waals surface area contributed by atoms with E-state index in [1.165, 1.54) is 19.3 Å². The van der Waals surface area contributed by atoms with Crippen LogP contribution >= 0.6 is 0 Å². The molecule has 3 nitrogen and oxygen atoms in total. The lowest BCUT2D eigenvalue weighted by Gasteiger charge is -2.07. The summed E-state index contributed by atoms with van der Waals surface area (Å²) in [5.74, 6) is 0.757. The van der Waals surface area contributed by atoms with Crippen LogP contribution in [-0.4, -0.2) is 22.9 Å². The van der Waals surface area contributed by atoms with Gasteiger partial charge in [-0.2, -0.15) is 5.10 Å². The molecule has 0 spiro atoms. The fraction of sp³-hybridized carbons (Fsp3) is 0.769. The molecule has 0 saturated carbocycles. The highest BCUT2D eigenvalue weighted by molar-refractivity contribution is 4.94. The summed E-state index contributed by atoms with van der Waals surface area (Å²) in [6, 6.07) is 2.06. The molecule has 1 heterocycles. The Morgan fingerprint density at radius 2 is 2.12 bits per heavy atom. The quantitative estimate of drug-likeness (QED) is 0.687. The molecule has 0 radical (unpaired) electrons. The molecule has 1 aromatic rings. The Hall–Kier alpha value is -0.830. The predicted molar refractivity (Wildman–Crippen MR) is 68.5 cm³/mol. The highest BCUT2D eigenvalue weighted by atomic mass is 15.3. The lowest BCUT2D eigenvalue weighted by molar-refractivity contribution is 0.505. The lowest BCUT2D eigenvalue weighted by Crippen LogP contribution is -2.20. The summed E-state index contributed by atoms with van der Waals surface area (Å²) in [4.78, 5) is 0. The summed E-state index contributed by atoms with van der Waals surface area (Å²) >= 11 is 0. The van der Waals surface area contributed by atoms with Crippen molar-refractivity contribution in [3.63, 3.8) is 0 Å². The van der Waals surface area contributed by atoms with E-state index in [0.29, 0.717) is 0 Å². The molecule has 0 aromatic carbocycles. The number of hydrogen-bond acceptors (Lipinski definition) is 2. The Bertz CT molecular complexity index is 278. The lowest BCUT2D eigenvalue weighted by atomic mass is 10.2. The summed E-state index contributed by atoms with van der Waals surface area (Å²) in [5, 5.41) is 7.83. The van der Waals surface area contributed by atoms with Crippen molar-refractivity contribution in [1.29, 1.82) is 0 Å². The van der Waals surface area contributed by atoms with E-state index in [1.54, 1.807) is 0 Å². The van der Waals surface area contributed by atoms with Gasteiger partial charge in [0, 0.05) is 12.7 Å². The molecular formula is C13H25N3. The van der Waals surface area contributed by atoms with Crippen LogP contribution in [0.2, 0.25) is 0 Å². The standard InChI is InChI=1S/C13H25N3/c1-12(2)11-14-8-5-4-6-9-16-10-7-13(3)15-16/h7,10,12,14H,4-6,8-9,11H2,1-3H3. The zero-order valence-corrected chi connectivity index (χ0v) is 10.9. The van der Waals surface area contributed by atoms with E-state index in [1.807, 2.05) is 11.6 Å². The minimum absolute atomic E-state index is 0.757. The van der Waals surface area contributed by atoms with Crippen LogP contribution in [0.1, 0.15) is 38.8 Å². The normalized spacial score (nSPS) is 11.2. The molecule has 1 aromatic heterocycles. The first-order chi connectivity index (χ1) is 7.68. The number of nitrogens with zero attached hydrogens (tertiary/aromatic N) is 2. The second-order valence-electron chi connectivity index (χ2n) is 4.88. The molecule has 0 atom stereocenters. The molecule has 0 aliphatic heterocycles. The zero-order chi connectivity index (χ0) is 11.8. The molecule has 1 N–H and O–H groups in total. The van der Waals surface area contributed by atoms with Crippen LogP contribution in [0.3, 0.4) is 0 Å². The van der Waals surface area contributed by atoms with Gasteiger partial charge in [-0.25, -0.2) is 0 Å². The van der Waals surface area contributed by atoms with Gasteiger partial charge in [0.1, 0.15) is 0 Å². The molecular weight excluding hydrogens is 198 g/mol. The first-order valence-electron chi connectivity index (χ1n) is 6.39. The maximum atomic E-state index is 4.37. The van der Waals surface area contributed by atoms with E-state index in [2.05, 4.69) is 36.5 Å². The van der Waals surface area contributed by atoms with Crippen LogP contribution in [0.25, 0.3) is 0 Å². The average Bonchev–Trinajstić information content (AvgIpc) is 2.62. The van der Waals surface area contributed by atoms with Crippen LogP contribution in [0.15, 0.2) is 12.3 Å². The third-order valence-corrected chi connectivity index (χ3v) is 2.57. The van der Waals surface area contributed by atoms with E-state index >= 15 is 0 Å². The molecule has 0 bridgehead atoms. The number of unbranched alkanes of at least 4 members (excludes halogenated alkanes) is 2. The molecule has 0 amide bonds. The topological polar surface area (TPSA) is 29.9 Å². The number of rotatable bonds is 8. The van der Waals surface area contributed by atoms with Gasteiger partial charge in [0.15, 0.2) is 0 Å². The minimum atomic E-state index is 0.757. The van der Waals surface area contributed by atoms with Gasteiger partial charge >= 0.3 is 0 Å². The van der Waals surface area contributed by atoms with Crippen molar-refractivity contribution in [2.45, 2.75) is 46.6 Å². The zero-order valence-electron chi connectivity index (χ0n) is 10.9. The highest BCUT2D eigenvalue weighted by Crippen LogP contribution is 1.99. The van der Waals surface area contributed by atoms with Gasteiger partial charge in [0.25, 0.3) is 0 Å². The Labute approximate surface area is 99.2 Å². The number of hydrogen-bond donors (Lipinski definition) is 1. The van der Waals surface area contributed by atoms with Crippen LogP contribution in [-0.2, 0) is 6.54 Å². The SMILES string of the molecule is Cc1ccn(CCCCCNCC(C)C)n1. The molecule has 3 heteroatoms. The Kier molecular flexibility index (Phi) is 6.16.